The fraction of sp³-hybridized carbons (Fsp3) is 0.111. The van der Waals surface area contributed by atoms with Gasteiger partial charge in [-0.3, -0.25) is 0 Å². The first-order chi connectivity index (χ1) is 38.0. The smallest absolute Gasteiger partial charge is 0.159 e. The lowest BCUT2D eigenvalue weighted by Gasteiger charge is -2.33. The van der Waals surface area contributed by atoms with Crippen molar-refractivity contribution >= 4 is 154 Å². The maximum absolute atomic E-state index is 6.99. The van der Waals surface area contributed by atoms with E-state index in [2.05, 4.69) is 233 Å². The van der Waals surface area contributed by atoms with Crippen molar-refractivity contribution < 1.29 is 17.7 Å². The summed E-state index contributed by atoms with van der Waals surface area (Å²) in [6.07, 6.45) is 0. The number of hydrogen-bond donors (Lipinski definition) is 0. The van der Waals surface area contributed by atoms with Crippen molar-refractivity contribution in [1.82, 2.24) is 0 Å². The van der Waals surface area contributed by atoms with Crippen LogP contribution in [-0.2, 0) is 10.8 Å². The van der Waals surface area contributed by atoms with Crippen LogP contribution in [0.5, 0.6) is 0 Å². The third-order valence-electron chi connectivity index (χ3n) is 16.5. The maximum atomic E-state index is 6.99. The van der Waals surface area contributed by atoms with Crippen molar-refractivity contribution in [1.29, 1.82) is 0 Å². The fourth-order valence-electron chi connectivity index (χ4n) is 13.0. The van der Waals surface area contributed by atoms with E-state index in [1.807, 2.05) is 24.3 Å². The van der Waals surface area contributed by atoms with Crippen molar-refractivity contribution in [2.24, 2.45) is 0 Å². The highest BCUT2D eigenvalue weighted by Crippen LogP contribution is 2.55. The second-order valence-corrected chi connectivity index (χ2v) is 23.1. The molecule has 4 heterocycles. The second-order valence-electron chi connectivity index (χ2n) is 23.1. The lowest BCUT2D eigenvalue weighted by atomic mass is 9.77. The van der Waals surface area contributed by atoms with Gasteiger partial charge in [-0.2, -0.15) is 0 Å². The van der Waals surface area contributed by atoms with E-state index in [0.717, 1.165) is 133 Å². The Kier molecular flexibility index (Phi) is 9.18. The largest absolute Gasteiger partial charge is 0.454 e. The Labute approximate surface area is 449 Å². The number of anilines is 6. The molecule has 6 nitrogen and oxygen atoms in total. The number of para-hydroxylation sites is 8. The summed E-state index contributed by atoms with van der Waals surface area (Å²) >= 11 is 0. The minimum absolute atomic E-state index is 0.283. The van der Waals surface area contributed by atoms with Crippen molar-refractivity contribution in [3.05, 3.63) is 217 Å². The quantitative estimate of drug-likeness (QED) is 0.155. The van der Waals surface area contributed by atoms with Crippen LogP contribution >= 0.6 is 0 Å². The van der Waals surface area contributed by atoms with Crippen LogP contribution < -0.4 is 9.80 Å². The van der Waals surface area contributed by atoms with Gasteiger partial charge in [-0.1, -0.05) is 187 Å². The van der Waals surface area contributed by atoms with E-state index in [1.165, 1.54) is 32.7 Å². The van der Waals surface area contributed by atoms with Gasteiger partial charge in [0.05, 0.1) is 34.1 Å². The molecule has 0 unspecified atom stereocenters. The maximum Gasteiger partial charge on any atom is 0.159 e. The number of benzene rings is 12. The summed E-state index contributed by atoms with van der Waals surface area (Å²) < 4.78 is 27.9. The van der Waals surface area contributed by atoms with E-state index in [0.29, 0.717) is 0 Å². The summed E-state index contributed by atoms with van der Waals surface area (Å²) in [5.41, 5.74) is 14.3. The molecule has 0 aliphatic rings. The zero-order valence-corrected chi connectivity index (χ0v) is 44.2. The molecule has 12 aromatic carbocycles. The molecule has 4 aromatic heterocycles. The van der Waals surface area contributed by atoms with Crippen molar-refractivity contribution in [3.8, 4) is 0 Å². The molecule has 0 radical (unpaired) electrons. The van der Waals surface area contributed by atoms with E-state index in [4.69, 9.17) is 17.7 Å². The molecule has 16 aromatic rings. The number of nitrogens with zero attached hydrogens (tertiary/aromatic N) is 2. The van der Waals surface area contributed by atoms with Gasteiger partial charge >= 0.3 is 0 Å². The summed E-state index contributed by atoms with van der Waals surface area (Å²) in [6.45, 7) is 14.0. The minimum atomic E-state index is -0.283. The van der Waals surface area contributed by atoms with Gasteiger partial charge in [-0.25, -0.2) is 0 Å². The monoisotopic (exact) mass is 1010 g/mol. The topological polar surface area (TPSA) is 59.0 Å². The average Bonchev–Trinajstić information content (AvgIpc) is 4.36. The van der Waals surface area contributed by atoms with Crippen LogP contribution in [-0.4, -0.2) is 0 Å². The van der Waals surface area contributed by atoms with Crippen molar-refractivity contribution in [3.63, 3.8) is 0 Å². The van der Waals surface area contributed by atoms with Crippen LogP contribution in [0, 0.1) is 0 Å². The van der Waals surface area contributed by atoms with E-state index < -0.39 is 0 Å². The summed E-state index contributed by atoms with van der Waals surface area (Å²) in [5.74, 6) is 0. The van der Waals surface area contributed by atoms with E-state index in [-0.39, 0.29) is 10.8 Å². The zero-order chi connectivity index (χ0) is 52.3. The third kappa shape index (κ3) is 6.31. The predicted molar refractivity (Wildman–Crippen MR) is 326 cm³/mol. The highest BCUT2D eigenvalue weighted by molar-refractivity contribution is 6.31. The molecule has 0 aliphatic heterocycles. The molecular formula is C72H52N2O4. The first-order valence-corrected chi connectivity index (χ1v) is 27.0. The highest BCUT2D eigenvalue weighted by atomic mass is 16.3. The molecule has 0 fully saturated rings. The number of fused-ring (bicyclic) bond motifs is 12. The molecule has 0 atom stereocenters. The SMILES string of the molecule is CC(C)(C)c1cc(N(c2cccc3c2oc2ccccc23)c2cccc3c2oc2ccccc23)c2ccc3c(C(C)(C)C)cc(N(c4cccc5c4oc4ccccc45)c4cccc5c4oc4ccccc45)c4ccc1c2c43. The average molecular weight is 1010 g/mol. The van der Waals surface area contributed by atoms with Gasteiger partial charge in [-0.05, 0) is 104 Å². The third-order valence-corrected chi connectivity index (χ3v) is 16.5. The van der Waals surface area contributed by atoms with E-state index in [1.54, 1.807) is 0 Å². The van der Waals surface area contributed by atoms with Crippen LogP contribution in [0.1, 0.15) is 52.7 Å². The summed E-state index contributed by atoms with van der Waals surface area (Å²) in [7, 11) is 0. The Morgan fingerprint density at radius 3 is 0.782 bits per heavy atom. The zero-order valence-electron chi connectivity index (χ0n) is 44.2. The minimum Gasteiger partial charge on any atom is -0.454 e. The lowest BCUT2D eigenvalue weighted by Crippen LogP contribution is -2.18. The second kappa shape index (κ2) is 16.0. The Hall–Kier alpha value is -9.52. The number of hydrogen-bond acceptors (Lipinski definition) is 6. The van der Waals surface area contributed by atoms with Gasteiger partial charge < -0.3 is 27.5 Å². The van der Waals surface area contributed by atoms with Crippen molar-refractivity contribution in [2.75, 3.05) is 9.80 Å². The van der Waals surface area contributed by atoms with Gasteiger partial charge in [0, 0.05) is 53.9 Å². The molecule has 0 saturated heterocycles. The molecule has 0 amide bonds. The molecule has 6 heteroatoms. The van der Waals surface area contributed by atoms with Crippen LogP contribution in [0.4, 0.5) is 34.1 Å². The standard InChI is InChI=1S/C72H52N2O4/c1-71(2,3)53-39-59(73(55-27-15-23-45-41-19-7-11-31-61(41)75-67(45)55)56-28-16-24-46-42-20-8-12-32-62(42)76-68(46)56)51-38-36-50-54(72(4,5)6)40-60(52-37-35-49(53)65(51)66(50)52)74(57-29-17-25-47-43-21-9-13-33-63(43)77-69(47)57)58-30-18-26-48-44-22-10-14-34-64(44)78-70(48)58/h7-40H,1-6H3. The molecule has 374 valence electrons. The Morgan fingerprint density at radius 2 is 0.500 bits per heavy atom. The summed E-state index contributed by atoms with van der Waals surface area (Å²) in [5, 5.41) is 15.6. The molecule has 0 saturated carbocycles. The van der Waals surface area contributed by atoms with Crippen LogP contribution in [0.15, 0.2) is 224 Å². The van der Waals surface area contributed by atoms with Crippen LogP contribution in [0.3, 0.4) is 0 Å². The van der Waals surface area contributed by atoms with Crippen molar-refractivity contribution in [2.45, 2.75) is 52.4 Å². The van der Waals surface area contributed by atoms with Crippen LogP contribution in [0.2, 0.25) is 0 Å². The Morgan fingerprint density at radius 1 is 0.244 bits per heavy atom. The van der Waals surface area contributed by atoms with Gasteiger partial charge in [0.2, 0.25) is 0 Å². The molecule has 0 aliphatic carbocycles. The fourth-order valence-corrected chi connectivity index (χ4v) is 13.0. The van der Waals surface area contributed by atoms with Gasteiger partial charge in [-0.15, -0.1) is 0 Å². The highest BCUT2D eigenvalue weighted by Gasteiger charge is 2.33. The normalized spacial score (nSPS) is 12.7. The predicted octanol–water partition coefficient (Wildman–Crippen LogP) is 21.7. The first-order valence-electron chi connectivity index (χ1n) is 27.0. The summed E-state index contributed by atoms with van der Waals surface area (Å²) in [6, 6.07) is 73.9. The molecule has 0 bridgehead atoms. The van der Waals surface area contributed by atoms with Gasteiger partial charge in [0.15, 0.2) is 22.3 Å². The molecule has 0 N–H and O–H groups in total. The molecular weight excluding hydrogens is 957 g/mol. The summed E-state index contributed by atoms with van der Waals surface area (Å²) in [4.78, 5) is 4.83. The Balaban J connectivity index is 1.07. The van der Waals surface area contributed by atoms with Crippen LogP contribution in [0.25, 0.3) is 120 Å². The molecule has 0 spiro atoms. The van der Waals surface area contributed by atoms with E-state index >= 15 is 0 Å². The Bertz CT molecular complexity index is 4600. The molecule has 78 heavy (non-hydrogen) atoms. The first kappa shape index (κ1) is 44.7. The molecule has 16 rings (SSSR count). The lowest BCUT2D eigenvalue weighted by molar-refractivity contribution is 0.595. The van der Waals surface area contributed by atoms with Gasteiger partial charge in [0.25, 0.3) is 0 Å². The number of rotatable bonds is 6. The number of furan rings is 4. The van der Waals surface area contributed by atoms with Gasteiger partial charge in [0.1, 0.15) is 22.3 Å². The van der Waals surface area contributed by atoms with E-state index in [9.17, 15) is 0 Å².